The minimum absolute atomic E-state index is 0.114. The van der Waals surface area contributed by atoms with Crippen molar-refractivity contribution in [2.75, 3.05) is 13.1 Å². The van der Waals surface area contributed by atoms with Gasteiger partial charge in [-0.2, -0.15) is 5.10 Å². The first kappa shape index (κ1) is 15.6. The number of amides is 1. The Morgan fingerprint density at radius 1 is 1.13 bits per heavy atom. The fraction of sp³-hybridized carbons (Fsp3) is 0.529. The second kappa shape index (κ2) is 6.10. The molecule has 0 aromatic carbocycles. The Morgan fingerprint density at radius 2 is 1.83 bits per heavy atom. The molecule has 6 nitrogen and oxygen atoms in total. The molecule has 2 aromatic rings. The molecule has 0 bridgehead atoms. The molecule has 122 valence electrons. The Kier molecular flexibility index (Phi) is 4.15. The highest BCUT2D eigenvalue weighted by Gasteiger charge is 2.29. The molecule has 1 amide bonds. The van der Waals surface area contributed by atoms with Crippen molar-refractivity contribution in [2.24, 2.45) is 0 Å². The molecule has 1 fully saturated rings. The zero-order valence-corrected chi connectivity index (χ0v) is 14.2. The zero-order chi connectivity index (χ0) is 16.6. The standard InChI is InChI=1S/C17H23N5O/c1-11-7-12(2)19-17(18-11)15-5-6-21(9-15)16(23)10-22-14(4)8-13(3)20-22/h7-8,15H,5-6,9-10H2,1-4H3/t15-/m1/s1. The first-order valence-corrected chi connectivity index (χ1v) is 8.03. The predicted molar refractivity (Wildman–Crippen MR) is 87.1 cm³/mol. The molecule has 0 unspecified atom stereocenters. The van der Waals surface area contributed by atoms with Crippen LogP contribution in [0.2, 0.25) is 0 Å². The Labute approximate surface area is 136 Å². The Hall–Kier alpha value is -2.24. The molecule has 1 aliphatic heterocycles. The van der Waals surface area contributed by atoms with Crippen molar-refractivity contribution in [2.45, 2.75) is 46.6 Å². The lowest BCUT2D eigenvalue weighted by Crippen LogP contribution is -2.32. The number of aromatic nitrogens is 4. The smallest absolute Gasteiger partial charge is 0.244 e. The summed E-state index contributed by atoms with van der Waals surface area (Å²) in [4.78, 5) is 23.5. The summed E-state index contributed by atoms with van der Waals surface area (Å²) in [6.45, 7) is 9.65. The van der Waals surface area contributed by atoms with Crippen molar-refractivity contribution in [3.8, 4) is 0 Å². The molecule has 1 aliphatic rings. The minimum atomic E-state index is 0.114. The van der Waals surface area contributed by atoms with Gasteiger partial charge in [-0.1, -0.05) is 0 Å². The summed E-state index contributed by atoms with van der Waals surface area (Å²) in [7, 11) is 0. The molecule has 23 heavy (non-hydrogen) atoms. The van der Waals surface area contributed by atoms with Gasteiger partial charge in [-0.15, -0.1) is 0 Å². The van der Waals surface area contributed by atoms with E-state index in [4.69, 9.17) is 0 Å². The largest absolute Gasteiger partial charge is 0.340 e. The van der Waals surface area contributed by atoms with Crippen molar-refractivity contribution >= 4 is 5.91 Å². The van der Waals surface area contributed by atoms with Crippen LogP contribution in [0.1, 0.15) is 40.9 Å². The van der Waals surface area contributed by atoms with Gasteiger partial charge in [0.05, 0.1) is 5.69 Å². The van der Waals surface area contributed by atoms with E-state index in [0.717, 1.165) is 41.6 Å². The molecule has 0 radical (unpaired) electrons. The molecule has 0 aliphatic carbocycles. The van der Waals surface area contributed by atoms with E-state index in [9.17, 15) is 4.79 Å². The number of rotatable bonds is 3. The summed E-state index contributed by atoms with van der Waals surface area (Å²) in [5, 5.41) is 4.37. The summed E-state index contributed by atoms with van der Waals surface area (Å²) in [5.41, 5.74) is 3.93. The molecule has 3 heterocycles. The third kappa shape index (κ3) is 3.41. The second-order valence-electron chi connectivity index (χ2n) is 6.42. The first-order chi connectivity index (χ1) is 10.9. The van der Waals surface area contributed by atoms with Crippen LogP contribution >= 0.6 is 0 Å². The Balaban J connectivity index is 1.67. The lowest BCUT2D eigenvalue weighted by atomic mass is 10.1. The van der Waals surface area contributed by atoms with Crippen LogP contribution < -0.4 is 0 Å². The van der Waals surface area contributed by atoms with Gasteiger partial charge in [-0.25, -0.2) is 9.97 Å². The Bertz CT molecular complexity index is 716. The number of likely N-dealkylation sites (tertiary alicyclic amines) is 1. The lowest BCUT2D eigenvalue weighted by Gasteiger charge is -2.17. The first-order valence-electron chi connectivity index (χ1n) is 8.03. The van der Waals surface area contributed by atoms with Crippen LogP contribution in [0.3, 0.4) is 0 Å². The molecule has 1 saturated heterocycles. The van der Waals surface area contributed by atoms with Gasteiger partial charge in [0, 0.05) is 36.1 Å². The van der Waals surface area contributed by atoms with Gasteiger partial charge < -0.3 is 4.90 Å². The summed E-state index contributed by atoms with van der Waals surface area (Å²) < 4.78 is 1.78. The maximum Gasteiger partial charge on any atom is 0.244 e. The van der Waals surface area contributed by atoms with Gasteiger partial charge in [-0.3, -0.25) is 9.48 Å². The molecule has 0 spiro atoms. The van der Waals surface area contributed by atoms with Gasteiger partial charge in [0.15, 0.2) is 0 Å². The van der Waals surface area contributed by atoms with Crippen molar-refractivity contribution in [3.63, 3.8) is 0 Å². The monoisotopic (exact) mass is 313 g/mol. The van der Waals surface area contributed by atoms with Gasteiger partial charge in [-0.05, 0) is 46.2 Å². The zero-order valence-electron chi connectivity index (χ0n) is 14.2. The normalized spacial score (nSPS) is 17.7. The van der Waals surface area contributed by atoms with E-state index in [1.165, 1.54) is 0 Å². The maximum absolute atomic E-state index is 12.5. The van der Waals surface area contributed by atoms with Crippen molar-refractivity contribution in [3.05, 3.63) is 40.7 Å². The lowest BCUT2D eigenvalue weighted by molar-refractivity contribution is -0.131. The van der Waals surface area contributed by atoms with E-state index < -0.39 is 0 Å². The maximum atomic E-state index is 12.5. The third-order valence-corrected chi connectivity index (χ3v) is 4.29. The van der Waals surface area contributed by atoms with E-state index in [1.54, 1.807) is 4.68 Å². The highest BCUT2D eigenvalue weighted by molar-refractivity contribution is 5.76. The van der Waals surface area contributed by atoms with Crippen LogP contribution in [0.25, 0.3) is 0 Å². The van der Waals surface area contributed by atoms with E-state index >= 15 is 0 Å². The van der Waals surface area contributed by atoms with Crippen LogP contribution in [-0.2, 0) is 11.3 Å². The number of hydrogen-bond donors (Lipinski definition) is 0. The number of aryl methyl sites for hydroxylation is 4. The highest BCUT2D eigenvalue weighted by atomic mass is 16.2. The third-order valence-electron chi connectivity index (χ3n) is 4.29. The van der Waals surface area contributed by atoms with Crippen LogP contribution in [0.5, 0.6) is 0 Å². The summed E-state index contributed by atoms with van der Waals surface area (Å²) in [6.07, 6.45) is 0.922. The van der Waals surface area contributed by atoms with Gasteiger partial charge in [0.1, 0.15) is 12.4 Å². The number of carbonyl (C=O) groups excluding carboxylic acids is 1. The minimum Gasteiger partial charge on any atom is -0.340 e. The molecule has 3 rings (SSSR count). The van der Waals surface area contributed by atoms with Crippen LogP contribution in [0.4, 0.5) is 0 Å². The predicted octanol–water partition coefficient (Wildman–Crippen LogP) is 1.92. The van der Waals surface area contributed by atoms with E-state index in [2.05, 4.69) is 15.1 Å². The van der Waals surface area contributed by atoms with Gasteiger partial charge >= 0.3 is 0 Å². The second-order valence-corrected chi connectivity index (χ2v) is 6.42. The molecule has 1 atom stereocenters. The SMILES string of the molecule is Cc1cc(C)nc([C@@H]2CCN(C(=O)Cn3nc(C)cc3C)C2)n1. The molecule has 0 N–H and O–H groups in total. The van der Waals surface area contributed by atoms with Crippen LogP contribution in [-0.4, -0.2) is 43.6 Å². The Morgan fingerprint density at radius 3 is 2.43 bits per heavy atom. The van der Waals surface area contributed by atoms with Crippen molar-refractivity contribution < 1.29 is 4.79 Å². The average Bonchev–Trinajstić information content (AvgIpc) is 3.05. The average molecular weight is 313 g/mol. The van der Waals surface area contributed by atoms with Gasteiger partial charge in [0.2, 0.25) is 5.91 Å². The fourth-order valence-electron chi connectivity index (χ4n) is 3.20. The molecule has 0 saturated carbocycles. The number of hydrogen-bond acceptors (Lipinski definition) is 4. The number of carbonyl (C=O) groups is 1. The molecular formula is C17H23N5O. The molecular weight excluding hydrogens is 290 g/mol. The van der Waals surface area contributed by atoms with E-state index in [0.29, 0.717) is 13.1 Å². The van der Waals surface area contributed by atoms with Crippen molar-refractivity contribution in [1.82, 2.24) is 24.6 Å². The number of nitrogens with zero attached hydrogens (tertiary/aromatic N) is 5. The van der Waals surface area contributed by atoms with Crippen molar-refractivity contribution in [1.29, 1.82) is 0 Å². The quantitative estimate of drug-likeness (QED) is 0.868. The summed E-state index contributed by atoms with van der Waals surface area (Å²) in [5.74, 6) is 1.21. The van der Waals surface area contributed by atoms with Gasteiger partial charge in [0.25, 0.3) is 0 Å². The topological polar surface area (TPSA) is 63.9 Å². The highest BCUT2D eigenvalue weighted by Crippen LogP contribution is 2.25. The van der Waals surface area contributed by atoms with E-state index in [1.807, 2.05) is 44.7 Å². The molecule has 2 aromatic heterocycles. The molecule has 6 heteroatoms. The fourth-order valence-corrected chi connectivity index (χ4v) is 3.20. The van der Waals surface area contributed by atoms with E-state index in [-0.39, 0.29) is 11.8 Å². The van der Waals surface area contributed by atoms with Crippen LogP contribution in [0, 0.1) is 27.7 Å². The summed E-state index contributed by atoms with van der Waals surface area (Å²) in [6, 6.07) is 3.97. The summed E-state index contributed by atoms with van der Waals surface area (Å²) >= 11 is 0. The van der Waals surface area contributed by atoms with Crippen LogP contribution in [0.15, 0.2) is 12.1 Å².